The largest absolute Gasteiger partial charge is 0.493 e. The van der Waals surface area contributed by atoms with Crippen LogP contribution in [-0.2, 0) is 13.1 Å². The van der Waals surface area contributed by atoms with Gasteiger partial charge in [-0.1, -0.05) is 36.4 Å². The van der Waals surface area contributed by atoms with E-state index in [4.69, 9.17) is 14.5 Å². The molecule has 0 aromatic heterocycles. The average molecular weight is 469 g/mol. The van der Waals surface area contributed by atoms with Gasteiger partial charge in [-0.05, 0) is 30.2 Å². The Hall–Kier alpha value is -1.96. The molecule has 0 aliphatic rings. The van der Waals surface area contributed by atoms with Crippen molar-refractivity contribution in [2.24, 2.45) is 4.99 Å². The van der Waals surface area contributed by atoms with Crippen LogP contribution in [0.25, 0.3) is 0 Å². The maximum Gasteiger partial charge on any atom is 0.194 e. The quantitative estimate of drug-likeness (QED) is 0.380. The van der Waals surface area contributed by atoms with Crippen molar-refractivity contribution in [2.45, 2.75) is 20.0 Å². The lowest BCUT2D eigenvalue weighted by atomic mass is 10.2. The van der Waals surface area contributed by atoms with Gasteiger partial charge >= 0.3 is 0 Å². The molecule has 2 aromatic rings. The first kappa shape index (κ1) is 22.1. The van der Waals surface area contributed by atoms with E-state index in [1.165, 1.54) is 5.56 Å². The van der Waals surface area contributed by atoms with Crippen molar-refractivity contribution in [3.63, 3.8) is 0 Å². The summed E-state index contributed by atoms with van der Waals surface area (Å²) in [5, 5.41) is 3.39. The number of halogens is 1. The van der Waals surface area contributed by atoms with Crippen LogP contribution in [0.1, 0.15) is 18.1 Å². The smallest absolute Gasteiger partial charge is 0.194 e. The molecular formula is C20H28IN3O2. The molecule has 0 heterocycles. The van der Waals surface area contributed by atoms with Gasteiger partial charge in [0.15, 0.2) is 17.5 Å². The minimum Gasteiger partial charge on any atom is -0.493 e. The summed E-state index contributed by atoms with van der Waals surface area (Å²) in [6, 6.07) is 16.2. The van der Waals surface area contributed by atoms with Crippen LogP contribution in [0.5, 0.6) is 11.5 Å². The Morgan fingerprint density at radius 2 is 1.77 bits per heavy atom. The third-order valence-corrected chi connectivity index (χ3v) is 3.66. The molecule has 2 rings (SSSR count). The molecule has 0 spiro atoms. The summed E-state index contributed by atoms with van der Waals surface area (Å²) in [4.78, 5) is 6.68. The Balaban J connectivity index is 0.00000338. The van der Waals surface area contributed by atoms with Crippen LogP contribution in [0, 0.1) is 0 Å². The Morgan fingerprint density at radius 1 is 1.04 bits per heavy atom. The normalized spacial score (nSPS) is 10.7. The summed E-state index contributed by atoms with van der Waals surface area (Å²) in [7, 11) is 5.61. The van der Waals surface area contributed by atoms with Crippen LogP contribution in [0.2, 0.25) is 0 Å². The molecule has 0 atom stereocenters. The van der Waals surface area contributed by atoms with Crippen LogP contribution in [-0.4, -0.2) is 38.7 Å². The van der Waals surface area contributed by atoms with Crippen molar-refractivity contribution in [3.05, 3.63) is 59.7 Å². The number of guanidine groups is 1. The number of benzene rings is 2. The first-order chi connectivity index (χ1) is 12.1. The van der Waals surface area contributed by atoms with Crippen LogP contribution in [0.4, 0.5) is 0 Å². The van der Waals surface area contributed by atoms with Crippen molar-refractivity contribution in [1.82, 2.24) is 10.2 Å². The van der Waals surface area contributed by atoms with E-state index in [1.807, 2.05) is 62.3 Å². The van der Waals surface area contributed by atoms with Crippen molar-refractivity contribution in [3.8, 4) is 11.5 Å². The number of nitrogens with one attached hydrogen (secondary N) is 1. The topological polar surface area (TPSA) is 46.1 Å². The molecular weight excluding hydrogens is 441 g/mol. The lowest BCUT2D eigenvalue weighted by molar-refractivity contribution is 0.310. The highest BCUT2D eigenvalue weighted by molar-refractivity contribution is 14.0. The van der Waals surface area contributed by atoms with Gasteiger partial charge in [0.05, 0.1) is 20.3 Å². The molecule has 0 radical (unpaired) electrons. The van der Waals surface area contributed by atoms with Gasteiger partial charge in [0.1, 0.15) is 0 Å². The van der Waals surface area contributed by atoms with Gasteiger partial charge < -0.3 is 19.7 Å². The number of methoxy groups -OCH3 is 1. The van der Waals surface area contributed by atoms with E-state index in [2.05, 4.69) is 17.4 Å². The second-order valence-electron chi connectivity index (χ2n) is 5.79. The molecule has 0 aliphatic heterocycles. The molecule has 0 aliphatic carbocycles. The second kappa shape index (κ2) is 11.6. The Bertz CT molecular complexity index is 691. The van der Waals surface area contributed by atoms with Crippen LogP contribution < -0.4 is 14.8 Å². The maximum absolute atomic E-state index is 5.63. The summed E-state index contributed by atoms with van der Waals surface area (Å²) >= 11 is 0. The zero-order chi connectivity index (χ0) is 18.1. The summed E-state index contributed by atoms with van der Waals surface area (Å²) in [6.45, 7) is 3.87. The van der Waals surface area contributed by atoms with Crippen molar-refractivity contribution in [2.75, 3.05) is 27.8 Å². The Kier molecular flexibility index (Phi) is 9.87. The molecule has 142 valence electrons. The fourth-order valence-corrected chi connectivity index (χ4v) is 2.39. The first-order valence-electron chi connectivity index (χ1n) is 8.43. The summed E-state index contributed by atoms with van der Waals surface area (Å²) in [5.74, 6) is 2.34. The molecule has 1 N–H and O–H groups in total. The summed E-state index contributed by atoms with van der Waals surface area (Å²) in [6.07, 6.45) is 0. The first-order valence-corrected chi connectivity index (χ1v) is 8.43. The van der Waals surface area contributed by atoms with Gasteiger partial charge in [-0.3, -0.25) is 0 Å². The molecule has 0 saturated carbocycles. The van der Waals surface area contributed by atoms with E-state index >= 15 is 0 Å². The molecule has 0 amide bonds. The predicted molar refractivity (Wildman–Crippen MR) is 118 cm³/mol. The van der Waals surface area contributed by atoms with Gasteiger partial charge in [0.25, 0.3) is 0 Å². The highest BCUT2D eigenvalue weighted by Gasteiger charge is 2.06. The lowest BCUT2D eigenvalue weighted by Gasteiger charge is -2.18. The van der Waals surface area contributed by atoms with E-state index in [9.17, 15) is 0 Å². The average Bonchev–Trinajstić information content (AvgIpc) is 2.63. The van der Waals surface area contributed by atoms with Crippen molar-refractivity contribution in [1.29, 1.82) is 0 Å². The minimum absolute atomic E-state index is 0. The third kappa shape index (κ3) is 6.74. The number of hydrogen-bond acceptors (Lipinski definition) is 3. The van der Waals surface area contributed by atoms with Gasteiger partial charge in [-0.2, -0.15) is 0 Å². The minimum atomic E-state index is 0. The summed E-state index contributed by atoms with van der Waals surface area (Å²) in [5.41, 5.74) is 2.30. The number of hydrogen-bond donors (Lipinski definition) is 1. The van der Waals surface area contributed by atoms with Gasteiger partial charge in [-0.15, -0.1) is 24.0 Å². The number of ether oxygens (including phenoxy) is 2. The highest BCUT2D eigenvalue weighted by atomic mass is 127. The molecule has 5 nitrogen and oxygen atoms in total. The van der Waals surface area contributed by atoms with E-state index in [1.54, 1.807) is 7.11 Å². The SMILES string of the molecule is CCOc1cc(CN=C(NCc2ccccc2)N(C)C)ccc1OC.I. The second-order valence-corrected chi connectivity index (χ2v) is 5.79. The predicted octanol–water partition coefficient (Wildman–Crippen LogP) is 3.92. The third-order valence-electron chi connectivity index (χ3n) is 3.66. The van der Waals surface area contributed by atoms with Crippen LogP contribution in [0.3, 0.4) is 0 Å². The van der Waals surface area contributed by atoms with Crippen LogP contribution >= 0.6 is 24.0 Å². The fourth-order valence-electron chi connectivity index (χ4n) is 2.39. The lowest BCUT2D eigenvalue weighted by Crippen LogP contribution is -2.36. The molecule has 2 aromatic carbocycles. The zero-order valence-electron chi connectivity index (χ0n) is 15.9. The van der Waals surface area contributed by atoms with Crippen molar-refractivity contribution >= 4 is 29.9 Å². The molecule has 6 heteroatoms. The molecule has 0 bridgehead atoms. The van der Waals surface area contributed by atoms with E-state index in [0.717, 1.165) is 29.6 Å². The van der Waals surface area contributed by atoms with Crippen LogP contribution in [0.15, 0.2) is 53.5 Å². The van der Waals surface area contributed by atoms with Gasteiger partial charge in [0.2, 0.25) is 0 Å². The van der Waals surface area contributed by atoms with Gasteiger partial charge in [-0.25, -0.2) is 4.99 Å². The number of nitrogens with zero attached hydrogens (tertiary/aromatic N) is 2. The number of aliphatic imine (C=N–C) groups is 1. The zero-order valence-corrected chi connectivity index (χ0v) is 18.2. The molecule has 0 saturated heterocycles. The van der Waals surface area contributed by atoms with E-state index in [0.29, 0.717) is 13.2 Å². The molecule has 0 unspecified atom stereocenters. The fraction of sp³-hybridized carbons (Fsp3) is 0.350. The van der Waals surface area contributed by atoms with Crippen molar-refractivity contribution < 1.29 is 9.47 Å². The standard InChI is InChI=1S/C20H27N3O2.HI/c1-5-25-19-13-17(11-12-18(19)24-4)15-22-20(23(2)3)21-14-16-9-7-6-8-10-16;/h6-13H,5,14-15H2,1-4H3,(H,21,22);1H. The van der Waals surface area contributed by atoms with E-state index in [-0.39, 0.29) is 24.0 Å². The molecule has 26 heavy (non-hydrogen) atoms. The number of rotatable bonds is 7. The van der Waals surface area contributed by atoms with E-state index < -0.39 is 0 Å². The Morgan fingerprint density at radius 3 is 2.38 bits per heavy atom. The Labute approximate surface area is 173 Å². The highest BCUT2D eigenvalue weighted by Crippen LogP contribution is 2.28. The maximum atomic E-state index is 5.63. The summed E-state index contributed by atoms with van der Waals surface area (Å²) < 4.78 is 11.0. The monoisotopic (exact) mass is 469 g/mol. The van der Waals surface area contributed by atoms with Gasteiger partial charge in [0, 0.05) is 20.6 Å². The molecule has 0 fully saturated rings.